The first-order valence-corrected chi connectivity index (χ1v) is 51.7. The van der Waals surface area contributed by atoms with E-state index in [9.17, 15) is 93.3 Å². The molecule has 3 aromatic heterocycles. The molecule has 2 aliphatic rings. The number of benzene rings is 4. The molecule has 9 rings (SSSR count). The molecular formula is C60H80CuLi4N12O32S12. The van der Waals surface area contributed by atoms with Crippen molar-refractivity contribution < 1.29 is 235 Å². The van der Waals surface area contributed by atoms with E-state index in [0.717, 1.165) is 56.3 Å². The molecule has 121 heavy (non-hydrogen) atoms. The molecule has 5 heterocycles. The maximum atomic E-state index is 11.5. The minimum Gasteiger partial charge on any atom is -0.748 e. The van der Waals surface area contributed by atoms with E-state index in [0.29, 0.717) is 67.5 Å². The van der Waals surface area contributed by atoms with Crippen LogP contribution in [-0.2, 0) is 156 Å². The summed E-state index contributed by atoms with van der Waals surface area (Å²) in [7, 11) is -38.4. The number of ether oxygens (including phenoxy) is 2. The fraction of sp³-hybridized carbons (Fsp3) is 0.367. The van der Waals surface area contributed by atoms with Crippen LogP contribution in [0.25, 0.3) is 89.7 Å². The third kappa shape index (κ3) is 45.4. The molecule has 61 heteroatoms. The molecule has 0 amide bonds. The van der Waals surface area contributed by atoms with Crippen LogP contribution in [0.15, 0.2) is 119 Å². The Balaban J connectivity index is -0.00000151. The number of aromatic nitrogens is 8. The molecule has 10 N–H and O–H groups in total. The van der Waals surface area contributed by atoms with E-state index in [2.05, 4.69) is 18.1 Å². The van der Waals surface area contributed by atoms with Gasteiger partial charge >= 0.3 is 92.5 Å². The number of aliphatic hydroxyl groups excluding tert-OH is 4. The smallest absolute Gasteiger partial charge is 0.748 e. The summed E-state index contributed by atoms with van der Waals surface area (Å²) >= 11 is -4.57. The van der Waals surface area contributed by atoms with Gasteiger partial charge in [-0.3, -0.25) is 0 Å². The van der Waals surface area contributed by atoms with Gasteiger partial charge in [0.05, 0.1) is 134 Å². The number of aliphatic hydroxyl groups is 4. The Bertz CT molecular complexity index is 5570. The number of sulfone groups is 4. The van der Waals surface area contributed by atoms with E-state index in [1.54, 1.807) is 0 Å². The van der Waals surface area contributed by atoms with Crippen molar-refractivity contribution in [2.24, 2.45) is 0 Å². The summed E-state index contributed by atoms with van der Waals surface area (Å²) < 4.78 is 274. The monoisotopic (exact) mass is 1960 g/mol. The van der Waals surface area contributed by atoms with E-state index in [-0.39, 0.29) is 145 Å². The molecule has 0 aliphatic carbocycles. The molecule has 7 aromatic rings. The zero-order valence-corrected chi connectivity index (χ0v) is 76.2. The Labute approximate surface area is 764 Å². The number of fused-ring (bicyclic) bond motifs is 20. The standard InChI is InChI=1S/C32H16N8.2C7H17NO8S3.2C6H13NO8S3.2CH3.Cu.4Li/c1-2-10-18-17(9-1)25-33-26(18)38-28-21-13-5-6-14-22(21)30(35-28)40-32-24-16-8-7-15-23(24)31(36-32)39-29-20-12-4-3-11-19(20)27(34-29)37-25;2*1-17(10,11)3-2-4-18(12,13)8-5-7(9)6-19(14,15)16;2*7-17(11,4-2-16(10)15-9)6-18(12,13)3-1-14-5-8;;;;;;;/h1-16H;2*7-9H,2-6H2,1H3,(H,14,15,16);2*2,4,7-9H,1,3,5-6H2;2*1H3;;;;;/q-2;;;;;2*-1;+2;4*+1/p-2/b;;;2*4-2+;;;;;;;. The summed E-state index contributed by atoms with van der Waals surface area (Å²) in [5.41, 5.74) is 5.78. The van der Waals surface area contributed by atoms with Gasteiger partial charge in [-0.05, 0) is 34.4 Å². The van der Waals surface area contributed by atoms with Gasteiger partial charge in [0.25, 0.3) is 0 Å². The third-order valence-electron chi connectivity index (χ3n) is 13.9. The maximum Gasteiger partial charge on any atom is 2.00 e. The van der Waals surface area contributed by atoms with E-state index >= 15 is 0 Å². The summed E-state index contributed by atoms with van der Waals surface area (Å²) in [4.78, 5) is 39.3. The van der Waals surface area contributed by atoms with E-state index in [4.69, 9.17) is 80.4 Å². The van der Waals surface area contributed by atoms with Crippen LogP contribution in [0.5, 0.6) is 0 Å². The Hall–Kier alpha value is -4.13. The molecule has 8 bridgehead atoms. The molecule has 0 saturated heterocycles. The van der Waals surface area contributed by atoms with Gasteiger partial charge in [-0.15, -0.1) is 8.67 Å². The largest absolute Gasteiger partial charge is 2.00 e. The second-order valence-corrected chi connectivity index (χ2v) is 45.9. The first kappa shape index (κ1) is 121. The Kier molecular flexibility index (Phi) is 54.3. The first-order chi connectivity index (χ1) is 52.9. The second-order valence-electron chi connectivity index (χ2n) is 23.6. The van der Waals surface area contributed by atoms with Crippen molar-refractivity contribution in [1.82, 2.24) is 49.3 Å². The van der Waals surface area contributed by atoms with Crippen LogP contribution < -0.4 is 94.9 Å². The van der Waals surface area contributed by atoms with Gasteiger partial charge in [0.1, 0.15) is 43.4 Å². The van der Waals surface area contributed by atoms with E-state index in [1.165, 1.54) is 0 Å². The molecule has 659 valence electrons. The molecule has 6 unspecified atom stereocenters. The fourth-order valence-electron chi connectivity index (χ4n) is 9.21. The van der Waals surface area contributed by atoms with Crippen molar-refractivity contribution in [2.75, 3.05) is 109 Å². The SMILES string of the molecule is CS(=O)(=O)CCCS(=O)(=O)NCC(O)CS(=O)(=O)[O-].CS(=O)(=O)CCCS(=O)(=O)NCC(O)CS(=O)(=O)[O-].N=S(=O)(/C=C/S(=O)OO)CS(=O)(=O)CCOCO.N=S(=O)(/C=C/S(=O)OO)CS(=O)(=O)CCOCO.[CH3-].[CH3-].[Cu+2].[Li+].[Li+].[Li+].[Li+].c1ccc2c(c1)-c1nc-2nc2[n-]c(nc3nc(nc4[n-]c(n1)c1ccccc41)-c1ccccc1-3)c1ccccc21. The molecular weight excluding hydrogens is 1880 g/mol. The van der Waals surface area contributed by atoms with Crippen molar-refractivity contribution >= 4 is 165 Å². The zero-order chi connectivity index (χ0) is 85.3. The summed E-state index contributed by atoms with van der Waals surface area (Å²) in [6, 6.07) is 31.8. The molecule has 0 spiro atoms. The van der Waals surface area contributed by atoms with Crippen LogP contribution in [0.2, 0.25) is 0 Å². The average Bonchev–Trinajstić information content (AvgIpc) is 1.60. The Morgan fingerprint density at radius 1 is 0.446 bits per heavy atom. The van der Waals surface area contributed by atoms with Gasteiger partial charge < -0.3 is 83.8 Å². The van der Waals surface area contributed by atoms with E-state index < -0.39 is 205 Å². The molecule has 0 saturated carbocycles. The number of hydrogen-bond acceptors (Lipinski definition) is 40. The second kappa shape index (κ2) is 54.3. The fourth-order valence-corrected chi connectivity index (χ4v) is 23.2. The van der Waals surface area contributed by atoms with Crippen molar-refractivity contribution in [2.45, 2.75) is 25.0 Å². The number of hydrogen-bond donors (Lipinski definition) is 10. The maximum absolute atomic E-state index is 11.5. The van der Waals surface area contributed by atoms with Crippen LogP contribution in [0.3, 0.4) is 0 Å². The first-order valence-electron chi connectivity index (χ1n) is 31.6. The number of rotatable bonds is 36. The number of nitrogens with one attached hydrogen (secondary N) is 4. The van der Waals surface area contributed by atoms with Gasteiger partial charge in [-0.1, -0.05) is 97.1 Å². The summed E-state index contributed by atoms with van der Waals surface area (Å²) in [5.74, 6) is -2.55. The number of sulfonamides is 2. The Morgan fingerprint density at radius 3 is 0.934 bits per heavy atom. The molecule has 44 nitrogen and oxygen atoms in total. The number of nitrogens with zero attached hydrogens (tertiary/aromatic N) is 8. The van der Waals surface area contributed by atoms with Crippen LogP contribution >= 0.6 is 0 Å². The summed E-state index contributed by atoms with van der Waals surface area (Å²) in [5, 5.41) is 54.6. The van der Waals surface area contributed by atoms with Gasteiger partial charge in [-0.25, -0.2) is 124 Å². The third-order valence-corrected chi connectivity index (χ3v) is 30.2. The van der Waals surface area contributed by atoms with Crippen LogP contribution in [-0.4, -0.2) is 275 Å². The quantitative estimate of drug-likeness (QED) is 0.00332. The topological polar surface area (TPSA) is 723 Å². The predicted molar refractivity (Wildman–Crippen MR) is 427 cm³/mol. The molecule has 2 aliphatic heterocycles. The molecule has 6 atom stereocenters. The summed E-state index contributed by atoms with van der Waals surface area (Å²) in [6.07, 6.45) is -1.60. The van der Waals surface area contributed by atoms with Crippen LogP contribution in [0.4, 0.5) is 0 Å². The summed E-state index contributed by atoms with van der Waals surface area (Å²) in [6.45, 7) is -3.10. The van der Waals surface area contributed by atoms with E-state index in [1.807, 2.05) is 107 Å². The van der Waals surface area contributed by atoms with Crippen LogP contribution in [0.1, 0.15) is 12.8 Å². The Morgan fingerprint density at radius 2 is 0.702 bits per heavy atom. The van der Waals surface area contributed by atoms with Gasteiger partial charge in [0.15, 0.2) is 19.7 Å². The van der Waals surface area contributed by atoms with Gasteiger partial charge in [-0.2, -0.15) is 0 Å². The van der Waals surface area contributed by atoms with Crippen molar-refractivity contribution in [3.05, 3.63) is 134 Å². The van der Waals surface area contributed by atoms with Crippen molar-refractivity contribution in [1.29, 1.82) is 9.56 Å². The van der Waals surface area contributed by atoms with Gasteiger partial charge in [0, 0.05) is 92.1 Å². The van der Waals surface area contributed by atoms with Crippen molar-refractivity contribution in [3.63, 3.8) is 0 Å². The molecule has 4 aromatic carbocycles. The van der Waals surface area contributed by atoms with Gasteiger partial charge in [0.2, 0.25) is 42.2 Å². The molecule has 0 fully saturated rings. The minimum atomic E-state index is -4.64. The van der Waals surface area contributed by atoms with Crippen LogP contribution in [0, 0.1) is 24.4 Å². The molecule has 1 radical (unpaired) electrons. The average molecular weight is 1960 g/mol. The zero-order valence-electron chi connectivity index (χ0n) is 65.5. The predicted octanol–water partition coefficient (Wildman–Crippen LogP) is -12.5. The minimum absolute atomic E-state index is 0. The normalized spacial score (nSPS) is 14.0. The van der Waals surface area contributed by atoms with Crippen molar-refractivity contribution in [3.8, 4) is 45.6 Å².